The van der Waals surface area contributed by atoms with E-state index in [4.69, 9.17) is 23.2 Å². The smallest absolute Gasteiger partial charge is 0.274 e. The van der Waals surface area contributed by atoms with Gasteiger partial charge in [0.1, 0.15) is 12.0 Å². The van der Waals surface area contributed by atoms with Gasteiger partial charge in [0, 0.05) is 21.8 Å². The highest BCUT2D eigenvalue weighted by atomic mass is 35.5. The summed E-state index contributed by atoms with van der Waals surface area (Å²) in [6, 6.07) is 10.1. The second-order valence-corrected chi connectivity index (χ2v) is 5.52. The molecule has 0 aliphatic rings. The van der Waals surface area contributed by atoms with E-state index in [0.717, 1.165) is 0 Å². The summed E-state index contributed by atoms with van der Waals surface area (Å²) in [7, 11) is 0. The molecule has 1 N–H and O–H groups in total. The molecule has 3 rings (SSSR count). The zero-order valence-electron chi connectivity index (χ0n) is 11.7. The Morgan fingerprint density at radius 3 is 2.52 bits per heavy atom. The van der Waals surface area contributed by atoms with Crippen LogP contribution in [-0.4, -0.2) is 20.9 Å². The van der Waals surface area contributed by atoms with Gasteiger partial charge in [0.25, 0.3) is 5.91 Å². The lowest BCUT2D eigenvalue weighted by molar-refractivity contribution is 0.102. The van der Waals surface area contributed by atoms with Crippen molar-refractivity contribution in [1.29, 1.82) is 0 Å². The van der Waals surface area contributed by atoms with Crippen LogP contribution in [0.3, 0.4) is 0 Å². The van der Waals surface area contributed by atoms with Gasteiger partial charge in [-0.2, -0.15) is 0 Å². The van der Waals surface area contributed by atoms with Gasteiger partial charge < -0.3 is 5.32 Å². The first kappa shape index (κ1) is 15.4. The van der Waals surface area contributed by atoms with Crippen LogP contribution < -0.4 is 5.32 Å². The van der Waals surface area contributed by atoms with Crippen LogP contribution in [0, 0.1) is 0 Å². The molecule has 2 heterocycles. The third-order valence-electron chi connectivity index (χ3n) is 2.98. The molecule has 23 heavy (non-hydrogen) atoms. The van der Waals surface area contributed by atoms with E-state index < -0.39 is 0 Å². The zero-order chi connectivity index (χ0) is 16.2. The molecule has 0 atom stereocenters. The molecule has 0 bridgehead atoms. The number of hydrogen-bond acceptors (Lipinski definition) is 4. The molecule has 0 fully saturated rings. The summed E-state index contributed by atoms with van der Waals surface area (Å²) in [6.07, 6.45) is 4.50. The van der Waals surface area contributed by atoms with E-state index in [1.807, 2.05) is 0 Å². The predicted molar refractivity (Wildman–Crippen MR) is 89.7 cm³/mol. The maximum absolute atomic E-state index is 12.3. The molecule has 2 aromatic heterocycles. The number of anilines is 1. The number of hydrogen-bond donors (Lipinski definition) is 1. The Bertz CT molecular complexity index is 835. The normalized spacial score (nSPS) is 10.3. The van der Waals surface area contributed by atoms with Crippen molar-refractivity contribution in [3.63, 3.8) is 0 Å². The minimum atomic E-state index is -0.352. The van der Waals surface area contributed by atoms with Crippen molar-refractivity contribution in [1.82, 2.24) is 15.0 Å². The summed E-state index contributed by atoms with van der Waals surface area (Å²) in [6.45, 7) is 0. The van der Waals surface area contributed by atoms with Crippen LogP contribution in [0.1, 0.15) is 10.5 Å². The number of halogens is 2. The first-order chi connectivity index (χ1) is 11.1. The van der Waals surface area contributed by atoms with E-state index in [1.54, 1.807) is 48.8 Å². The molecule has 0 aliphatic carbocycles. The highest BCUT2D eigenvalue weighted by Crippen LogP contribution is 2.26. The molecule has 0 unspecified atom stereocenters. The van der Waals surface area contributed by atoms with Gasteiger partial charge in [-0.25, -0.2) is 9.97 Å². The number of nitrogens with zero attached hydrogens (tertiary/aromatic N) is 3. The number of nitrogens with one attached hydrogen (secondary N) is 1. The topological polar surface area (TPSA) is 67.8 Å². The average molecular weight is 345 g/mol. The minimum absolute atomic E-state index is 0.231. The third-order valence-corrected chi connectivity index (χ3v) is 3.41. The summed E-state index contributed by atoms with van der Waals surface area (Å²) >= 11 is 12.0. The second-order valence-electron chi connectivity index (χ2n) is 4.64. The van der Waals surface area contributed by atoms with Gasteiger partial charge in [-0.1, -0.05) is 23.2 Å². The van der Waals surface area contributed by atoms with Crippen molar-refractivity contribution >= 4 is 34.8 Å². The van der Waals surface area contributed by atoms with Crippen molar-refractivity contribution in [3.8, 4) is 11.3 Å². The van der Waals surface area contributed by atoms with Crippen LogP contribution in [0.5, 0.6) is 0 Å². The number of amides is 1. The van der Waals surface area contributed by atoms with E-state index >= 15 is 0 Å². The predicted octanol–water partition coefficient (Wildman–Crippen LogP) is 4.10. The van der Waals surface area contributed by atoms with Crippen molar-refractivity contribution < 1.29 is 4.79 Å². The maximum Gasteiger partial charge on any atom is 0.274 e. The average Bonchev–Trinajstić information content (AvgIpc) is 2.55. The molecule has 1 amide bonds. The first-order valence-corrected chi connectivity index (χ1v) is 7.37. The zero-order valence-corrected chi connectivity index (χ0v) is 13.2. The van der Waals surface area contributed by atoms with E-state index in [9.17, 15) is 4.79 Å². The Kier molecular flexibility index (Phi) is 4.50. The van der Waals surface area contributed by atoms with Crippen LogP contribution in [0.25, 0.3) is 11.3 Å². The van der Waals surface area contributed by atoms with Gasteiger partial charge in [0.2, 0.25) is 0 Å². The Morgan fingerprint density at radius 1 is 1.04 bits per heavy atom. The summed E-state index contributed by atoms with van der Waals surface area (Å²) in [4.78, 5) is 24.3. The van der Waals surface area contributed by atoms with Crippen LogP contribution in [0.15, 0.2) is 55.1 Å². The lowest BCUT2D eigenvalue weighted by atomic mass is 10.1. The van der Waals surface area contributed by atoms with Crippen LogP contribution in [0.4, 0.5) is 5.69 Å². The Hall–Kier alpha value is -2.50. The second kappa shape index (κ2) is 6.73. The molecule has 0 aliphatic heterocycles. The van der Waals surface area contributed by atoms with Crippen molar-refractivity contribution in [2.75, 3.05) is 5.32 Å². The summed E-state index contributed by atoms with van der Waals surface area (Å²) in [5.41, 5.74) is 2.08. The van der Waals surface area contributed by atoms with Gasteiger partial charge >= 0.3 is 0 Å². The Balaban J connectivity index is 1.89. The summed E-state index contributed by atoms with van der Waals surface area (Å²) in [5.74, 6) is -0.352. The van der Waals surface area contributed by atoms with Gasteiger partial charge in [0.15, 0.2) is 0 Å². The van der Waals surface area contributed by atoms with Gasteiger partial charge in [0.05, 0.1) is 17.6 Å². The number of benzene rings is 1. The molecule has 0 saturated heterocycles. The quantitative estimate of drug-likeness (QED) is 0.776. The number of carbonyl (C=O) groups is 1. The van der Waals surface area contributed by atoms with Gasteiger partial charge in [-0.15, -0.1) is 0 Å². The largest absolute Gasteiger partial charge is 0.319 e. The summed E-state index contributed by atoms with van der Waals surface area (Å²) < 4.78 is 0. The van der Waals surface area contributed by atoms with E-state index in [2.05, 4.69) is 20.3 Å². The lowest BCUT2D eigenvalue weighted by Crippen LogP contribution is -2.14. The van der Waals surface area contributed by atoms with Crippen LogP contribution in [0.2, 0.25) is 10.0 Å². The van der Waals surface area contributed by atoms with Gasteiger partial charge in [-0.05, 0) is 36.4 Å². The molecule has 114 valence electrons. The number of rotatable bonds is 3. The molecule has 7 heteroatoms. The number of carbonyl (C=O) groups excluding carboxylic acids is 1. The van der Waals surface area contributed by atoms with Crippen molar-refractivity contribution in [3.05, 3.63) is 70.9 Å². The monoisotopic (exact) mass is 344 g/mol. The molecule has 3 aromatic rings. The highest BCUT2D eigenvalue weighted by Gasteiger charge is 2.11. The van der Waals surface area contributed by atoms with Crippen LogP contribution >= 0.6 is 23.2 Å². The SMILES string of the molecule is O=C(Nc1cccnc1)c1cc(-c2cc(Cl)cc(Cl)c2)ncn1. The first-order valence-electron chi connectivity index (χ1n) is 6.62. The lowest BCUT2D eigenvalue weighted by Gasteiger charge is -2.06. The van der Waals surface area contributed by atoms with Crippen molar-refractivity contribution in [2.45, 2.75) is 0 Å². The minimum Gasteiger partial charge on any atom is -0.319 e. The van der Waals surface area contributed by atoms with Gasteiger partial charge in [-0.3, -0.25) is 9.78 Å². The fourth-order valence-electron chi connectivity index (χ4n) is 1.97. The molecular weight excluding hydrogens is 335 g/mol. The summed E-state index contributed by atoms with van der Waals surface area (Å²) in [5, 5.41) is 3.70. The fourth-order valence-corrected chi connectivity index (χ4v) is 2.50. The molecule has 0 saturated carbocycles. The number of pyridine rings is 1. The molecule has 5 nitrogen and oxygen atoms in total. The van der Waals surface area contributed by atoms with Crippen molar-refractivity contribution in [2.24, 2.45) is 0 Å². The Labute approximate surface area is 142 Å². The number of aromatic nitrogens is 3. The standard InChI is InChI=1S/C16H10Cl2N4O/c17-11-4-10(5-12(18)6-11)14-7-15(21-9-20-14)16(23)22-13-2-1-3-19-8-13/h1-9H,(H,22,23). The Morgan fingerprint density at radius 2 is 1.83 bits per heavy atom. The fraction of sp³-hybridized carbons (Fsp3) is 0. The molecule has 0 radical (unpaired) electrons. The maximum atomic E-state index is 12.3. The third kappa shape index (κ3) is 3.83. The molecule has 0 spiro atoms. The molecular formula is C16H10Cl2N4O. The van der Waals surface area contributed by atoms with Crippen LogP contribution in [-0.2, 0) is 0 Å². The van der Waals surface area contributed by atoms with E-state index in [-0.39, 0.29) is 11.6 Å². The van der Waals surface area contributed by atoms with E-state index in [1.165, 1.54) is 6.33 Å². The van der Waals surface area contributed by atoms with E-state index in [0.29, 0.717) is 27.0 Å². The molecule has 1 aromatic carbocycles. The highest BCUT2D eigenvalue weighted by molar-refractivity contribution is 6.35.